The summed E-state index contributed by atoms with van der Waals surface area (Å²) in [7, 11) is 0. The minimum Gasteiger partial charge on any atom is -0.508 e. The SMILES string of the molecule is O=C(O)C1C[C@H]1c1ccc(-c2ccc(O)c(C34CC5CC(CC(C5)C3)C4)c2)cc1. The maximum absolute atomic E-state index is 11.1. The molecule has 3 nitrogen and oxygen atoms in total. The van der Waals surface area contributed by atoms with Gasteiger partial charge >= 0.3 is 5.97 Å². The highest BCUT2D eigenvalue weighted by Crippen LogP contribution is 2.62. The average molecular weight is 389 g/mol. The number of hydrogen-bond donors (Lipinski definition) is 2. The summed E-state index contributed by atoms with van der Waals surface area (Å²) in [6.45, 7) is 0. The molecule has 2 N–H and O–H groups in total. The molecule has 4 bridgehead atoms. The molecule has 0 aliphatic heterocycles. The predicted molar refractivity (Wildman–Crippen MR) is 112 cm³/mol. The van der Waals surface area contributed by atoms with E-state index in [0.29, 0.717) is 5.75 Å². The number of aliphatic carboxylic acids is 1. The van der Waals surface area contributed by atoms with E-state index in [1.165, 1.54) is 44.1 Å². The van der Waals surface area contributed by atoms with E-state index in [4.69, 9.17) is 5.11 Å². The summed E-state index contributed by atoms with van der Waals surface area (Å²) >= 11 is 0. The second-order valence-electron chi connectivity index (χ2n) is 10.3. The van der Waals surface area contributed by atoms with Crippen LogP contribution in [-0.2, 0) is 10.2 Å². The van der Waals surface area contributed by atoms with E-state index in [0.717, 1.165) is 40.9 Å². The third-order valence-electron chi connectivity index (χ3n) is 8.39. The Balaban J connectivity index is 1.31. The molecule has 0 amide bonds. The van der Waals surface area contributed by atoms with Gasteiger partial charge in [-0.25, -0.2) is 0 Å². The predicted octanol–water partition coefficient (Wildman–Crippen LogP) is 5.72. The summed E-state index contributed by atoms with van der Waals surface area (Å²) in [6, 6.07) is 14.5. The van der Waals surface area contributed by atoms with Gasteiger partial charge in [0, 0.05) is 5.56 Å². The van der Waals surface area contributed by atoms with Gasteiger partial charge in [0.25, 0.3) is 0 Å². The lowest BCUT2D eigenvalue weighted by Gasteiger charge is -2.57. The van der Waals surface area contributed by atoms with Crippen LogP contribution in [-0.4, -0.2) is 16.2 Å². The first kappa shape index (κ1) is 17.6. The second-order valence-corrected chi connectivity index (χ2v) is 10.3. The van der Waals surface area contributed by atoms with E-state index in [1.807, 2.05) is 12.1 Å². The molecule has 0 radical (unpaired) electrons. The quantitative estimate of drug-likeness (QED) is 0.705. The lowest BCUT2D eigenvalue weighted by molar-refractivity contribution is -0.138. The Kier molecular flexibility index (Phi) is 3.70. The third-order valence-corrected chi connectivity index (χ3v) is 8.39. The molecule has 2 aromatic carbocycles. The molecule has 7 rings (SSSR count). The Bertz CT molecular complexity index is 939. The van der Waals surface area contributed by atoms with Crippen LogP contribution >= 0.6 is 0 Å². The van der Waals surface area contributed by atoms with Crippen molar-refractivity contribution in [1.29, 1.82) is 0 Å². The van der Waals surface area contributed by atoms with Crippen molar-refractivity contribution in [1.82, 2.24) is 0 Å². The summed E-state index contributed by atoms with van der Waals surface area (Å²) in [5.41, 5.74) is 4.78. The standard InChI is InChI=1S/C26H28O3/c27-24-6-5-20(18-1-3-19(4-2-18)21-11-22(21)25(28)29)10-23(24)26-12-15-7-16(13-26)9-17(8-15)14-26/h1-6,10,15-17,21-22,27H,7-9,11-14H2,(H,28,29)/t15?,16?,17?,21-,22?,26?/m0/s1. The molecular formula is C26H28O3. The van der Waals surface area contributed by atoms with Crippen LogP contribution in [0.3, 0.4) is 0 Å². The fourth-order valence-corrected chi connectivity index (χ4v) is 7.34. The lowest BCUT2D eigenvalue weighted by atomic mass is 9.48. The van der Waals surface area contributed by atoms with Crippen molar-refractivity contribution in [3.8, 4) is 16.9 Å². The van der Waals surface area contributed by atoms with E-state index in [1.54, 1.807) is 0 Å². The Morgan fingerprint density at radius 1 is 0.828 bits per heavy atom. The zero-order valence-corrected chi connectivity index (χ0v) is 16.7. The number of carbonyl (C=O) groups is 1. The van der Waals surface area contributed by atoms with Gasteiger partial charge in [0.15, 0.2) is 0 Å². The Hall–Kier alpha value is -2.29. The van der Waals surface area contributed by atoms with E-state index in [9.17, 15) is 9.90 Å². The molecule has 2 atom stereocenters. The first-order valence-corrected chi connectivity index (χ1v) is 11.2. The fourth-order valence-electron chi connectivity index (χ4n) is 7.34. The summed E-state index contributed by atoms with van der Waals surface area (Å²) in [5.74, 6) is 2.30. The monoisotopic (exact) mass is 388 g/mol. The van der Waals surface area contributed by atoms with E-state index in [2.05, 4.69) is 30.3 Å². The van der Waals surface area contributed by atoms with Crippen LogP contribution in [0.15, 0.2) is 42.5 Å². The molecule has 0 heterocycles. The topological polar surface area (TPSA) is 57.5 Å². The van der Waals surface area contributed by atoms with E-state index in [-0.39, 0.29) is 17.3 Å². The fraction of sp³-hybridized carbons (Fsp3) is 0.500. The largest absolute Gasteiger partial charge is 0.508 e. The molecule has 2 aromatic rings. The zero-order valence-electron chi connectivity index (χ0n) is 16.7. The molecule has 1 unspecified atom stereocenters. The molecule has 5 aliphatic rings. The first-order valence-electron chi connectivity index (χ1n) is 11.2. The third kappa shape index (κ3) is 2.81. The number of hydrogen-bond acceptors (Lipinski definition) is 2. The molecular weight excluding hydrogens is 360 g/mol. The van der Waals surface area contributed by atoms with Crippen LogP contribution in [0.4, 0.5) is 0 Å². The van der Waals surface area contributed by atoms with Gasteiger partial charge in [-0.2, -0.15) is 0 Å². The lowest BCUT2D eigenvalue weighted by Crippen LogP contribution is -2.48. The van der Waals surface area contributed by atoms with Gasteiger partial charge in [-0.05, 0) is 103 Å². The van der Waals surface area contributed by atoms with Gasteiger partial charge in [0.05, 0.1) is 5.92 Å². The van der Waals surface area contributed by atoms with Crippen LogP contribution in [0.1, 0.15) is 62.0 Å². The van der Waals surface area contributed by atoms with E-state index >= 15 is 0 Å². The molecule has 29 heavy (non-hydrogen) atoms. The molecule has 3 heteroatoms. The van der Waals surface area contributed by atoms with Crippen molar-refractivity contribution in [2.24, 2.45) is 23.7 Å². The van der Waals surface area contributed by atoms with Crippen molar-refractivity contribution in [3.05, 3.63) is 53.6 Å². The highest BCUT2D eigenvalue weighted by Gasteiger charge is 2.52. The summed E-state index contributed by atoms with van der Waals surface area (Å²) in [4.78, 5) is 11.1. The smallest absolute Gasteiger partial charge is 0.307 e. The summed E-state index contributed by atoms with van der Waals surface area (Å²) < 4.78 is 0. The van der Waals surface area contributed by atoms with Crippen molar-refractivity contribution in [2.75, 3.05) is 0 Å². The second kappa shape index (κ2) is 6.10. The van der Waals surface area contributed by atoms with Gasteiger partial charge in [-0.3, -0.25) is 4.79 Å². The van der Waals surface area contributed by atoms with Crippen molar-refractivity contribution >= 4 is 5.97 Å². The highest BCUT2D eigenvalue weighted by atomic mass is 16.4. The van der Waals surface area contributed by atoms with Crippen molar-refractivity contribution in [2.45, 2.75) is 56.3 Å². The number of phenols is 1. The number of phenolic OH excluding ortho intramolecular Hbond substituents is 1. The number of carboxylic acid groups (broad SMARTS) is 1. The Morgan fingerprint density at radius 3 is 1.97 bits per heavy atom. The number of carboxylic acids is 1. The van der Waals surface area contributed by atoms with Crippen molar-refractivity contribution < 1.29 is 15.0 Å². The van der Waals surface area contributed by atoms with Crippen LogP contribution < -0.4 is 0 Å². The Morgan fingerprint density at radius 2 is 1.41 bits per heavy atom. The van der Waals surface area contributed by atoms with Gasteiger partial charge in [0.1, 0.15) is 5.75 Å². The van der Waals surface area contributed by atoms with Crippen LogP contribution in [0.5, 0.6) is 5.75 Å². The molecule has 5 saturated carbocycles. The molecule has 5 fully saturated rings. The van der Waals surface area contributed by atoms with Gasteiger partial charge in [-0.1, -0.05) is 30.3 Å². The van der Waals surface area contributed by atoms with Gasteiger partial charge < -0.3 is 10.2 Å². The van der Waals surface area contributed by atoms with Crippen molar-refractivity contribution in [3.63, 3.8) is 0 Å². The number of aromatic hydroxyl groups is 1. The number of benzene rings is 2. The minimum absolute atomic E-state index is 0.170. The van der Waals surface area contributed by atoms with Crippen LogP contribution in [0.2, 0.25) is 0 Å². The molecule has 0 aromatic heterocycles. The molecule has 0 saturated heterocycles. The molecule has 150 valence electrons. The Labute approximate surface area is 171 Å². The maximum Gasteiger partial charge on any atom is 0.307 e. The number of rotatable bonds is 4. The normalized spacial score (nSPS) is 36.9. The molecule has 5 aliphatic carbocycles. The maximum atomic E-state index is 11.1. The van der Waals surface area contributed by atoms with Crippen LogP contribution in [0.25, 0.3) is 11.1 Å². The van der Waals surface area contributed by atoms with Gasteiger partial charge in [0.2, 0.25) is 0 Å². The first-order chi connectivity index (χ1) is 14.0. The molecule has 0 spiro atoms. The van der Waals surface area contributed by atoms with Gasteiger partial charge in [-0.15, -0.1) is 0 Å². The zero-order chi connectivity index (χ0) is 19.8. The highest BCUT2D eigenvalue weighted by molar-refractivity contribution is 5.75. The van der Waals surface area contributed by atoms with Crippen LogP contribution in [0, 0.1) is 23.7 Å². The summed E-state index contributed by atoms with van der Waals surface area (Å²) in [5, 5.41) is 20.0. The average Bonchev–Trinajstić information content (AvgIpc) is 3.49. The summed E-state index contributed by atoms with van der Waals surface area (Å²) in [6.07, 6.45) is 8.69. The minimum atomic E-state index is -0.683. The van der Waals surface area contributed by atoms with E-state index < -0.39 is 5.97 Å².